The molecule has 3 aromatic carbocycles. The lowest BCUT2D eigenvalue weighted by atomic mass is 9.98. The van der Waals surface area contributed by atoms with Gasteiger partial charge in [0, 0.05) is 28.6 Å². The van der Waals surface area contributed by atoms with Crippen molar-refractivity contribution in [3.05, 3.63) is 114 Å². The molecule has 0 unspecified atom stereocenters. The van der Waals surface area contributed by atoms with Gasteiger partial charge in [0.05, 0.1) is 28.5 Å². The van der Waals surface area contributed by atoms with Gasteiger partial charge in [0.2, 0.25) is 0 Å². The summed E-state index contributed by atoms with van der Waals surface area (Å²) in [6.07, 6.45) is 9.38. The average molecular weight is 465 g/mol. The fraction of sp³-hybridized carbons (Fsp3) is 0.0938. The topological polar surface area (TPSA) is 64.9 Å². The number of benzene rings is 3. The molecule has 0 aliphatic carbocycles. The van der Waals surface area contributed by atoms with E-state index in [-0.39, 0.29) is 0 Å². The van der Waals surface area contributed by atoms with E-state index in [1.165, 1.54) is 0 Å². The minimum atomic E-state index is 0.572. The number of allylic oxidation sites excluding steroid dienone is 3. The molecule has 0 atom stereocenters. The van der Waals surface area contributed by atoms with Crippen LogP contribution in [0.2, 0.25) is 0 Å². The predicted molar refractivity (Wildman–Crippen MR) is 148 cm³/mol. The lowest BCUT2D eigenvalue weighted by molar-refractivity contribution is 1.07. The van der Waals surface area contributed by atoms with Gasteiger partial charge in [-0.05, 0) is 60.9 Å². The third-order valence-electron chi connectivity index (χ3n) is 6.50. The van der Waals surface area contributed by atoms with Gasteiger partial charge in [0.15, 0.2) is 0 Å². The van der Waals surface area contributed by atoms with Gasteiger partial charge >= 0.3 is 0 Å². The van der Waals surface area contributed by atoms with Crippen molar-refractivity contribution in [2.75, 3.05) is 0 Å². The van der Waals surface area contributed by atoms with Crippen molar-refractivity contribution < 1.29 is 0 Å². The van der Waals surface area contributed by atoms with Crippen LogP contribution in [0, 0.1) is 29.6 Å². The number of fused-ring (bicyclic) bond motifs is 1. The molecule has 0 amide bonds. The summed E-state index contributed by atoms with van der Waals surface area (Å²) >= 11 is 0. The van der Waals surface area contributed by atoms with E-state index in [9.17, 15) is 10.5 Å². The van der Waals surface area contributed by atoms with Crippen molar-refractivity contribution in [2.24, 2.45) is 4.99 Å². The zero-order valence-corrected chi connectivity index (χ0v) is 20.1. The average Bonchev–Trinajstić information content (AvgIpc) is 3.22. The molecule has 0 saturated carbocycles. The summed E-state index contributed by atoms with van der Waals surface area (Å²) in [4.78, 5) is 4.56. The Morgan fingerprint density at radius 2 is 1.81 bits per heavy atom. The molecule has 36 heavy (non-hydrogen) atoms. The van der Waals surface area contributed by atoms with Crippen LogP contribution in [0.3, 0.4) is 0 Å². The first-order valence-corrected chi connectivity index (χ1v) is 11.9. The van der Waals surface area contributed by atoms with Gasteiger partial charge < -0.3 is 4.57 Å². The van der Waals surface area contributed by atoms with Crippen LogP contribution in [-0.2, 0) is 0 Å². The van der Waals surface area contributed by atoms with Crippen LogP contribution in [0.15, 0.2) is 96.5 Å². The lowest BCUT2D eigenvalue weighted by Crippen LogP contribution is -2.01. The van der Waals surface area contributed by atoms with E-state index in [2.05, 4.69) is 71.6 Å². The molecule has 4 nitrogen and oxygen atoms in total. The molecule has 172 valence electrons. The Hall–Kier alpha value is -4.93. The first-order valence-electron chi connectivity index (χ1n) is 11.9. The second-order valence-electron chi connectivity index (χ2n) is 8.68. The van der Waals surface area contributed by atoms with Crippen LogP contribution in [0.25, 0.3) is 39.5 Å². The zero-order chi connectivity index (χ0) is 25.1. The van der Waals surface area contributed by atoms with Gasteiger partial charge in [-0.15, -0.1) is 0 Å². The highest BCUT2D eigenvalue weighted by molar-refractivity contribution is 6.03. The summed E-state index contributed by atoms with van der Waals surface area (Å²) in [6, 6.07) is 27.0. The highest BCUT2D eigenvalue weighted by atomic mass is 15.0. The zero-order valence-electron chi connectivity index (χ0n) is 20.1. The number of hydrogen-bond acceptors (Lipinski definition) is 3. The van der Waals surface area contributed by atoms with Gasteiger partial charge in [-0.25, -0.2) is 4.99 Å². The van der Waals surface area contributed by atoms with E-state index in [1.54, 1.807) is 6.08 Å². The molecule has 0 saturated heterocycles. The molecule has 1 aliphatic rings. The third-order valence-corrected chi connectivity index (χ3v) is 6.50. The van der Waals surface area contributed by atoms with Crippen LogP contribution in [0.1, 0.15) is 35.2 Å². The summed E-state index contributed by atoms with van der Waals surface area (Å²) in [7, 11) is 0. The van der Waals surface area contributed by atoms with Crippen LogP contribution in [0.5, 0.6) is 0 Å². The van der Waals surface area contributed by atoms with Crippen molar-refractivity contribution >= 4 is 28.4 Å². The first kappa shape index (κ1) is 22.8. The number of aromatic nitrogens is 1. The number of aliphatic imine (C=N–C) groups is 1. The SMILES string of the molecule is C=C/C=C\c1c(C)c2cc(C#N)ccc2n1-c1ccccc1-c1cccc(C2=CCCC(C#N)=N2)c1. The van der Waals surface area contributed by atoms with Gasteiger partial charge in [0.1, 0.15) is 11.8 Å². The van der Waals surface area contributed by atoms with Gasteiger partial charge in [-0.2, -0.15) is 10.5 Å². The highest BCUT2D eigenvalue weighted by Crippen LogP contribution is 2.36. The number of rotatable bonds is 5. The van der Waals surface area contributed by atoms with Crippen LogP contribution < -0.4 is 0 Å². The molecule has 4 heteroatoms. The van der Waals surface area contributed by atoms with Gasteiger partial charge in [-0.1, -0.05) is 61.2 Å². The van der Waals surface area contributed by atoms with E-state index in [1.807, 2.05) is 48.5 Å². The van der Waals surface area contributed by atoms with E-state index < -0.39 is 0 Å². The van der Waals surface area contributed by atoms with Crippen LogP contribution in [-0.4, -0.2) is 10.3 Å². The quantitative estimate of drug-likeness (QED) is 0.283. The fourth-order valence-electron chi connectivity index (χ4n) is 4.77. The number of para-hydroxylation sites is 1. The van der Waals surface area contributed by atoms with E-state index in [0.29, 0.717) is 17.7 Å². The molecule has 2 heterocycles. The smallest absolute Gasteiger partial charge is 0.118 e. The maximum absolute atomic E-state index is 9.47. The monoisotopic (exact) mass is 464 g/mol. The summed E-state index contributed by atoms with van der Waals surface area (Å²) in [5.74, 6) is 0. The van der Waals surface area contributed by atoms with Gasteiger partial charge in [0.25, 0.3) is 0 Å². The molecule has 0 radical (unpaired) electrons. The van der Waals surface area contributed by atoms with E-state index in [0.717, 1.165) is 56.7 Å². The lowest BCUT2D eigenvalue weighted by Gasteiger charge is -2.16. The number of nitrogens with zero attached hydrogens (tertiary/aromatic N) is 4. The Bertz CT molecular complexity index is 1680. The van der Waals surface area contributed by atoms with E-state index >= 15 is 0 Å². The van der Waals surface area contributed by atoms with Gasteiger partial charge in [-0.3, -0.25) is 0 Å². The largest absolute Gasteiger partial charge is 0.309 e. The summed E-state index contributed by atoms with van der Waals surface area (Å²) in [6.45, 7) is 5.93. The molecule has 0 fully saturated rings. The van der Waals surface area contributed by atoms with E-state index in [4.69, 9.17) is 0 Å². The second-order valence-corrected chi connectivity index (χ2v) is 8.68. The first-order chi connectivity index (χ1) is 17.6. The fourth-order valence-corrected chi connectivity index (χ4v) is 4.77. The van der Waals surface area contributed by atoms with Crippen molar-refractivity contribution in [1.82, 2.24) is 4.57 Å². The molecule has 0 spiro atoms. The van der Waals surface area contributed by atoms with Crippen LogP contribution in [0.4, 0.5) is 0 Å². The molecule has 1 aromatic heterocycles. The standard InChI is InChI=1S/C32H24N4/c1-3-4-14-30-22(2)28-18-23(20-33)16-17-32(28)36(30)31-15-6-5-12-27(31)24-9-7-10-25(19-24)29-13-8-11-26(21-34)35-29/h3-7,9-10,12-19H,1,8,11H2,2H3/b14-4-. The predicted octanol–water partition coefficient (Wildman–Crippen LogP) is 7.78. The van der Waals surface area contributed by atoms with Crippen molar-refractivity contribution in [2.45, 2.75) is 19.8 Å². The Labute approximate surface area is 211 Å². The number of nitriles is 2. The van der Waals surface area contributed by atoms with Crippen molar-refractivity contribution in [3.8, 4) is 29.0 Å². The highest BCUT2D eigenvalue weighted by Gasteiger charge is 2.18. The molecule has 4 aromatic rings. The maximum atomic E-state index is 9.47. The van der Waals surface area contributed by atoms with Crippen molar-refractivity contribution in [1.29, 1.82) is 10.5 Å². The Morgan fingerprint density at radius 3 is 2.61 bits per heavy atom. The summed E-state index contributed by atoms with van der Waals surface area (Å²) in [5, 5.41) is 19.8. The Balaban J connectivity index is 1.73. The number of hydrogen-bond donors (Lipinski definition) is 0. The Kier molecular flexibility index (Phi) is 6.18. The van der Waals surface area contributed by atoms with Crippen LogP contribution >= 0.6 is 0 Å². The minimum absolute atomic E-state index is 0.572. The number of aryl methyl sites for hydroxylation is 1. The molecule has 1 aliphatic heterocycles. The summed E-state index contributed by atoms with van der Waals surface area (Å²) in [5.41, 5.74) is 9.43. The molecular weight excluding hydrogens is 440 g/mol. The molecule has 0 N–H and O–H groups in total. The minimum Gasteiger partial charge on any atom is -0.309 e. The Morgan fingerprint density at radius 1 is 0.972 bits per heavy atom. The molecular formula is C32H24N4. The molecule has 5 rings (SSSR count). The normalized spacial score (nSPS) is 13.2. The third kappa shape index (κ3) is 4.06. The molecule has 0 bridgehead atoms. The maximum Gasteiger partial charge on any atom is 0.118 e. The van der Waals surface area contributed by atoms with Crippen molar-refractivity contribution in [3.63, 3.8) is 0 Å². The second kappa shape index (κ2) is 9.74. The summed E-state index contributed by atoms with van der Waals surface area (Å²) < 4.78 is 2.25.